The number of carbonyl (C=O) groups is 1. The molecule has 6 heteroatoms. The van der Waals surface area contributed by atoms with E-state index in [0.29, 0.717) is 18.1 Å². The number of nitrogens with zero attached hydrogens (tertiary/aromatic N) is 3. The first-order valence-corrected chi connectivity index (χ1v) is 10.2. The van der Waals surface area contributed by atoms with Crippen LogP contribution in [-0.4, -0.2) is 20.3 Å². The Bertz CT molecular complexity index is 1260. The second-order valence-corrected chi connectivity index (χ2v) is 7.73. The van der Waals surface area contributed by atoms with Gasteiger partial charge in [-0.3, -0.25) is 4.79 Å². The highest BCUT2D eigenvalue weighted by Crippen LogP contribution is 2.33. The van der Waals surface area contributed by atoms with E-state index in [4.69, 9.17) is 15.7 Å². The zero-order valence-electron chi connectivity index (χ0n) is 16.9. The molecule has 6 nitrogen and oxygen atoms in total. The highest BCUT2D eigenvalue weighted by atomic mass is 16.1. The number of carbonyl (C=O) groups excluding carboxylic acids is 1. The van der Waals surface area contributed by atoms with Gasteiger partial charge in [-0.05, 0) is 49.4 Å². The maximum atomic E-state index is 11.9. The van der Waals surface area contributed by atoms with Gasteiger partial charge in [-0.2, -0.15) is 0 Å². The van der Waals surface area contributed by atoms with Crippen LogP contribution in [0.25, 0.3) is 16.9 Å². The van der Waals surface area contributed by atoms with E-state index in [1.165, 1.54) is 11.1 Å². The lowest BCUT2D eigenvalue weighted by Crippen LogP contribution is -2.14. The lowest BCUT2D eigenvalue weighted by molar-refractivity contribution is 0.0994. The lowest BCUT2D eigenvalue weighted by atomic mass is 10.1. The Kier molecular flexibility index (Phi) is 4.47. The van der Waals surface area contributed by atoms with Crippen LogP contribution in [0.15, 0.2) is 54.7 Å². The fraction of sp³-hybridized carbons (Fsp3) is 0.208. The van der Waals surface area contributed by atoms with Crippen molar-refractivity contribution in [2.45, 2.75) is 32.7 Å². The molecular formula is C24H23N5O. The molecule has 3 heterocycles. The third-order valence-electron chi connectivity index (χ3n) is 5.71. The van der Waals surface area contributed by atoms with Crippen LogP contribution >= 0.6 is 0 Å². The molecule has 1 aliphatic rings. The van der Waals surface area contributed by atoms with Crippen LogP contribution in [-0.2, 0) is 19.4 Å². The number of nitrogens with one attached hydrogen (secondary N) is 1. The number of aryl methyl sites for hydroxylation is 2. The first-order valence-electron chi connectivity index (χ1n) is 10.2. The molecule has 4 aromatic rings. The number of hydrogen-bond acceptors (Lipinski definition) is 4. The number of amides is 1. The van der Waals surface area contributed by atoms with Crippen molar-refractivity contribution in [2.24, 2.45) is 5.73 Å². The summed E-state index contributed by atoms with van der Waals surface area (Å²) in [6.07, 6.45) is 4.98. The fourth-order valence-corrected chi connectivity index (χ4v) is 4.29. The topological polar surface area (TPSA) is 85.3 Å². The van der Waals surface area contributed by atoms with Gasteiger partial charge in [0.15, 0.2) is 5.82 Å². The second-order valence-electron chi connectivity index (χ2n) is 7.73. The largest absolute Gasteiger partial charge is 0.366 e. The van der Waals surface area contributed by atoms with Gasteiger partial charge in [0, 0.05) is 29.6 Å². The minimum absolute atomic E-state index is 0.449. The highest BCUT2D eigenvalue weighted by molar-refractivity contribution is 5.93. The molecule has 1 aliphatic carbocycles. The van der Waals surface area contributed by atoms with Crippen LogP contribution in [0, 0.1) is 6.92 Å². The van der Waals surface area contributed by atoms with Crippen molar-refractivity contribution in [1.29, 1.82) is 0 Å². The molecule has 0 saturated carbocycles. The van der Waals surface area contributed by atoms with E-state index in [-0.39, 0.29) is 0 Å². The van der Waals surface area contributed by atoms with Gasteiger partial charge < -0.3 is 15.5 Å². The van der Waals surface area contributed by atoms with Gasteiger partial charge >= 0.3 is 0 Å². The molecule has 0 unspecified atom stereocenters. The third kappa shape index (κ3) is 3.10. The number of anilines is 1. The maximum absolute atomic E-state index is 11.9. The van der Waals surface area contributed by atoms with Crippen molar-refractivity contribution in [2.75, 3.05) is 5.32 Å². The van der Waals surface area contributed by atoms with Crippen molar-refractivity contribution in [3.05, 3.63) is 82.8 Å². The smallest absolute Gasteiger partial charge is 0.265 e. The molecule has 0 fully saturated rings. The van der Waals surface area contributed by atoms with E-state index in [9.17, 15) is 4.79 Å². The average molecular weight is 397 g/mol. The summed E-state index contributed by atoms with van der Waals surface area (Å²) < 4.78 is 1.83. The van der Waals surface area contributed by atoms with Crippen molar-refractivity contribution < 1.29 is 4.79 Å². The summed E-state index contributed by atoms with van der Waals surface area (Å²) in [4.78, 5) is 21.7. The van der Waals surface area contributed by atoms with Crippen LogP contribution in [0.1, 0.15) is 39.3 Å². The van der Waals surface area contributed by atoms with Crippen LogP contribution in [0.3, 0.4) is 0 Å². The summed E-state index contributed by atoms with van der Waals surface area (Å²) in [5.74, 6) is 1.14. The van der Waals surface area contributed by atoms with E-state index < -0.39 is 5.91 Å². The molecule has 0 aliphatic heterocycles. The van der Waals surface area contributed by atoms with Gasteiger partial charge in [-0.25, -0.2) is 9.97 Å². The molecule has 3 N–H and O–H groups in total. The maximum Gasteiger partial charge on any atom is 0.265 e. The molecule has 150 valence electrons. The summed E-state index contributed by atoms with van der Waals surface area (Å²) in [5, 5.41) is 3.53. The number of benzene rings is 1. The number of fused-ring (bicyclic) bond motifs is 2. The normalized spacial score (nSPS) is 12.8. The third-order valence-corrected chi connectivity index (χ3v) is 5.71. The molecule has 0 bridgehead atoms. The summed E-state index contributed by atoms with van der Waals surface area (Å²) in [6, 6.07) is 15.9. The predicted octanol–water partition coefficient (Wildman–Crippen LogP) is 3.90. The second kappa shape index (κ2) is 7.30. The number of aromatic nitrogens is 3. The Hall–Kier alpha value is -3.67. The van der Waals surface area contributed by atoms with Crippen molar-refractivity contribution >= 4 is 17.2 Å². The lowest BCUT2D eigenvalue weighted by Gasteiger charge is -2.13. The standard InChI is InChI=1S/C24H23N5O/c1-15-14-29-19(11-6-12-20(29)22(25)30)21(15)24-27-18-10-5-9-17(18)23(28-24)26-13-16-7-3-2-4-8-16/h2-4,6-8,11-12,14H,5,9-10,13H2,1H3,(H2,25,30)(H,26,27,28). The van der Waals surface area contributed by atoms with E-state index in [1.807, 2.05) is 47.9 Å². The molecule has 0 spiro atoms. The number of primary amides is 1. The van der Waals surface area contributed by atoms with E-state index in [2.05, 4.69) is 17.4 Å². The highest BCUT2D eigenvalue weighted by Gasteiger charge is 2.22. The average Bonchev–Trinajstić information content (AvgIpc) is 3.35. The Labute approximate surface area is 174 Å². The fourth-order valence-electron chi connectivity index (χ4n) is 4.29. The molecule has 0 radical (unpaired) electrons. The molecule has 0 atom stereocenters. The van der Waals surface area contributed by atoms with Gasteiger partial charge in [-0.15, -0.1) is 0 Å². The first kappa shape index (κ1) is 18.4. The number of rotatable bonds is 5. The van der Waals surface area contributed by atoms with Gasteiger partial charge in [-0.1, -0.05) is 36.4 Å². The summed E-state index contributed by atoms with van der Waals surface area (Å²) in [6.45, 7) is 2.73. The first-order chi connectivity index (χ1) is 14.6. The van der Waals surface area contributed by atoms with Crippen LogP contribution in [0.2, 0.25) is 0 Å². The molecule has 5 rings (SSSR count). The molecule has 1 amide bonds. The Morgan fingerprint density at radius 1 is 1.10 bits per heavy atom. The molecule has 0 saturated heterocycles. The summed E-state index contributed by atoms with van der Waals surface area (Å²) >= 11 is 0. The quantitative estimate of drug-likeness (QED) is 0.535. The van der Waals surface area contributed by atoms with Crippen molar-refractivity contribution in [3.8, 4) is 11.4 Å². The SMILES string of the molecule is Cc1cn2c(C(N)=O)cccc2c1-c1nc2c(c(NCc3ccccc3)n1)CCC2. The predicted molar refractivity (Wildman–Crippen MR) is 117 cm³/mol. The molecule has 30 heavy (non-hydrogen) atoms. The Balaban J connectivity index is 1.61. The number of hydrogen-bond donors (Lipinski definition) is 2. The van der Waals surface area contributed by atoms with E-state index >= 15 is 0 Å². The van der Waals surface area contributed by atoms with Gasteiger partial charge in [0.25, 0.3) is 5.91 Å². The number of nitrogens with two attached hydrogens (primary N) is 1. The van der Waals surface area contributed by atoms with E-state index in [1.54, 1.807) is 6.07 Å². The van der Waals surface area contributed by atoms with Crippen LogP contribution < -0.4 is 11.1 Å². The minimum atomic E-state index is -0.456. The Morgan fingerprint density at radius 2 is 1.93 bits per heavy atom. The molecule has 1 aromatic carbocycles. The van der Waals surface area contributed by atoms with E-state index in [0.717, 1.165) is 47.4 Å². The van der Waals surface area contributed by atoms with Crippen LogP contribution in [0.4, 0.5) is 5.82 Å². The zero-order chi connectivity index (χ0) is 20.7. The monoisotopic (exact) mass is 397 g/mol. The van der Waals surface area contributed by atoms with Gasteiger partial charge in [0.05, 0.1) is 5.52 Å². The summed E-state index contributed by atoms with van der Waals surface area (Å²) in [7, 11) is 0. The van der Waals surface area contributed by atoms with Gasteiger partial charge in [0.2, 0.25) is 0 Å². The van der Waals surface area contributed by atoms with Gasteiger partial charge in [0.1, 0.15) is 11.5 Å². The molecule has 3 aromatic heterocycles. The zero-order valence-corrected chi connectivity index (χ0v) is 16.9. The van der Waals surface area contributed by atoms with Crippen molar-refractivity contribution in [3.63, 3.8) is 0 Å². The number of pyridine rings is 1. The van der Waals surface area contributed by atoms with Crippen LogP contribution in [0.5, 0.6) is 0 Å². The minimum Gasteiger partial charge on any atom is -0.366 e. The molecular weight excluding hydrogens is 374 g/mol. The van der Waals surface area contributed by atoms with Crippen molar-refractivity contribution in [1.82, 2.24) is 14.4 Å². The summed E-state index contributed by atoms with van der Waals surface area (Å²) in [5.41, 5.74) is 12.4. The Morgan fingerprint density at radius 3 is 2.73 bits per heavy atom.